The number of halogens is 1. The Morgan fingerprint density at radius 3 is 2.61 bits per heavy atom. The maximum atomic E-state index is 12.1. The minimum atomic E-state index is -0.200. The number of hydrogen-bond acceptors (Lipinski definition) is 4. The summed E-state index contributed by atoms with van der Waals surface area (Å²) in [7, 11) is 0. The van der Waals surface area contributed by atoms with Crippen LogP contribution in [0.3, 0.4) is 0 Å². The highest BCUT2D eigenvalue weighted by Crippen LogP contribution is 2.32. The Morgan fingerprint density at radius 2 is 2.04 bits per heavy atom. The summed E-state index contributed by atoms with van der Waals surface area (Å²) in [6.07, 6.45) is 0. The lowest BCUT2D eigenvalue weighted by molar-refractivity contribution is -0.118. The van der Waals surface area contributed by atoms with Gasteiger partial charge in [0.15, 0.2) is 11.7 Å². The van der Waals surface area contributed by atoms with E-state index in [1.165, 1.54) is 11.3 Å². The molecule has 23 heavy (non-hydrogen) atoms. The summed E-state index contributed by atoms with van der Waals surface area (Å²) in [5.41, 5.74) is 3.10. The van der Waals surface area contributed by atoms with Crippen molar-refractivity contribution in [3.8, 4) is 5.75 Å². The lowest BCUT2D eigenvalue weighted by atomic mass is 10.0. The number of hydrogen-bond donors (Lipinski definition) is 1. The monoisotopic (exact) mass is 396 g/mol. The van der Waals surface area contributed by atoms with Crippen LogP contribution in [-0.4, -0.2) is 17.5 Å². The molecular formula is C17H21BrN2O2S. The van der Waals surface area contributed by atoms with E-state index in [0.29, 0.717) is 11.0 Å². The summed E-state index contributed by atoms with van der Waals surface area (Å²) in [6.45, 7) is 10.1. The molecular weight excluding hydrogens is 376 g/mol. The number of thiazole rings is 1. The highest BCUT2D eigenvalue weighted by atomic mass is 79.9. The van der Waals surface area contributed by atoms with Gasteiger partial charge in [-0.1, -0.05) is 29.8 Å². The molecule has 0 fully saturated rings. The summed E-state index contributed by atoms with van der Waals surface area (Å²) in [4.78, 5) is 17.5. The zero-order valence-electron chi connectivity index (χ0n) is 14.0. The lowest BCUT2D eigenvalue weighted by Crippen LogP contribution is -2.20. The molecule has 0 saturated carbocycles. The van der Waals surface area contributed by atoms with Crippen LogP contribution in [0, 0.1) is 20.8 Å². The van der Waals surface area contributed by atoms with Gasteiger partial charge >= 0.3 is 0 Å². The van der Waals surface area contributed by atoms with Crippen LogP contribution in [0.5, 0.6) is 5.75 Å². The summed E-state index contributed by atoms with van der Waals surface area (Å²) in [5.74, 6) is 0.866. The van der Waals surface area contributed by atoms with Crippen molar-refractivity contribution in [1.82, 2.24) is 4.98 Å². The molecule has 0 atom stereocenters. The number of ether oxygens (including phenoxy) is 1. The quantitative estimate of drug-likeness (QED) is 0.775. The first-order chi connectivity index (χ1) is 10.8. The first-order valence-corrected chi connectivity index (χ1v) is 9.05. The smallest absolute Gasteiger partial charge is 0.264 e. The molecule has 4 nitrogen and oxygen atoms in total. The third-order valence-electron chi connectivity index (χ3n) is 3.55. The molecule has 2 rings (SSSR count). The Morgan fingerprint density at radius 1 is 1.35 bits per heavy atom. The number of amides is 1. The van der Waals surface area contributed by atoms with Crippen LogP contribution in [0.4, 0.5) is 5.13 Å². The van der Waals surface area contributed by atoms with E-state index in [2.05, 4.69) is 46.1 Å². The Labute approximate surface area is 149 Å². The van der Waals surface area contributed by atoms with Gasteiger partial charge in [-0.05, 0) is 49.9 Å². The van der Waals surface area contributed by atoms with Crippen LogP contribution in [0.1, 0.15) is 41.5 Å². The fourth-order valence-corrected chi connectivity index (χ4v) is 3.26. The fraction of sp³-hybridized carbons (Fsp3) is 0.412. The predicted molar refractivity (Wildman–Crippen MR) is 98.7 cm³/mol. The fourth-order valence-electron chi connectivity index (χ4n) is 2.07. The molecule has 1 heterocycles. The molecule has 0 radical (unpaired) electrons. The van der Waals surface area contributed by atoms with E-state index < -0.39 is 0 Å². The largest absolute Gasteiger partial charge is 0.483 e. The first-order valence-electron chi connectivity index (χ1n) is 7.44. The van der Waals surface area contributed by atoms with Crippen LogP contribution in [-0.2, 0) is 4.79 Å². The lowest BCUT2D eigenvalue weighted by Gasteiger charge is -2.15. The van der Waals surface area contributed by atoms with Crippen molar-refractivity contribution < 1.29 is 9.53 Å². The topological polar surface area (TPSA) is 51.2 Å². The van der Waals surface area contributed by atoms with Gasteiger partial charge in [-0.15, -0.1) is 11.3 Å². The van der Waals surface area contributed by atoms with Crippen molar-refractivity contribution in [3.05, 3.63) is 38.3 Å². The molecule has 2 aromatic rings. The van der Waals surface area contributed by atoms with Gasteiger partial charge in [-0.2, -0.15) is 0 Å². The first kappa shape index (κ1) is 17.9. The van der Waals surface area contributed by atoms with E-state index >= 15 is 0 Å². The van der Waals surface area contributed by atoms with Gasteiger partial charge in [0.05, 0.1) is 5.69 Å². The second kappa shape index (κ2) is 7.45. The molecule has 0 saturated heterocycles. The highest BCUT2D eigenvalue weighted by Gasteiger charge is 2.13. The second-order valence-corrected chi connectivity index (χ2v) is 7.85. The Bertz CT molecular complexity index is 706. The van der Waals surface area contributed by atoms with Crippen molar-refractivity contribution in [3.63, 3.8) is 0 Å². The van der Waals surface area contributed by atoms with Gasteiger partial charge < -0.3 is 4.74 Å². The number of carbonyl (C=O) groups is 1. The van der Waals surface area contributed by atoms with E-state index in [0.717, 1.165) is 31.9 Å². The molecule has 0 aliphatic heterocycles. The predicted octanol–water partition coefficient (Wildman–Crippen LogP) is 4.97. The van der Waals surface area contributed by atoms with Crippen molar-refractivity contribution in [2.24, 2.45) is 0 Å². The van der Waals surface area contributed by atoms with E-state index in [1.54, 1.807) is 0 Å². The third-order valence-corrected chi connectivity index (χ3v) is 5.39. The number of aromatic nitrogens is 1. The third kappa shape index (κ3) is 4.54. The van der Waals surface area contributed by atoms with E-state index in [4.69, 9.17) is 4.74 Å². The van der Waals surface area contributed by atoms with Gasteiger partial charge in [0.1, 0.15) is 5.75 Å². The van der Waals surface area contributed by atoms with E-state index in [-0.39, 0.29) is 12.5 Å². The summed E-state index contributed by atoms with van der Waals surface area (Å²) in [5, 5.41) is 3.40. The van der Waals surface area contributed by atoms with E-state index in [9.17, 15) is 4.79 Å². The van der Waals surface area contributed by atoms with Crippen LogP contribution in [0.2, 0.25) is 0 Å². The number of carbonyl (C=O) groups excluding carboxylic acids is 1. The molecule has 1 amide bonds. The van der Waals surface area contributed by atoms with Gasteiger partial charge in [0, 0.05) is 9.35 Å². The zero-order chi connectivity index (χ0) is 17.1. The normalized spacial score (nSPS) is 10.9. The number of aryl methyl sites for hydroxylation is 3. The van der Waals surface area contributed by atoms with Crippen LogP contribution < -0.4 is 10.1 Å². The molecule has 0 spiro atoms. The number of anilines is 1. The van der Waals surface area contributed by atoms with E-state index in [1.807, 2.05) is 26.8 Å². The number of nitrogens with one attached hydrogen (secondary N) is 1. The summed E-state index contributed by atoms with van der Waals surface area (Å²) >= 11 is 5.01. The number of benzene rings is 1. The molecule has 0 aliphatic rings. The standard InChI is InChI=1S/C17H21BrN2O2S/c1-9(2)13-7-14(18)10(3)6-15(13)22-8-16(21)20-17-19-11(4)12(5)23-17/h6-7,9H,8H2,1-5H3,(H,19,20,21). The molecule has 1 aromatic carbocycles. The summed E-state index contributed by atoms with van der Waals surface area (Å²) < 4.78 is 6.80. The van der Waals surface area contributed by atoms with Crippen molar-refractivity contribution >= 4 is 38.3 Å². The van der Waals surface area contributed by atoms with Crippen molar-refractivity contribution in [2.45, 2.75) is 40.5 Å². The zero-order valence-corrected chi connectivity index (χ0v) is 16.4. The molecule has 1 aromatic heterocycles. The molecule has 6 heteroatoms. The van der Waals surface area contributed by atoms with Gasteiger partial charge in [-0.3, -0.25) is 10.1 Å². The Hall–Kier alpha value is -1.40. The molecule has 0 unspecified atom stereocenters. The van der Waals surface area contributed by atoms with Crippen LogP contribution >= 0.6 is 27.3 Å². The van der Waals surface area contributed by atoms with Crippen molar-refractivity contribution in [2.75, 3.05) is 11.9 Å². The van der Waals surface area contributed by atoms with Crippen LogP contribution in [0.25, 0.3) is 0 Å². The highest BCUT2D eigenvalue weighted by molar-refractivity contribution is 9.10. The molecule has 124 valence electrons. The maximum Gasteiger partial charge on any atom is 0.264 e. The minimum Gasteiger partial charge on any atom is -0.483 e. The summed E-state index contributed by atoms with van der Waals surface area (Å²) in [6, 6.07) is 4.02. The molecule has 1 N–H and O–H groups in total. The SMILES string of the molecule is Cc1cc(OCC(=O)Nc2nc(C)c(C)s2)c(C(C)C)cc1Br. The Kier molecular flexibility index (Phi) is 5.81. The average molecular weight is 397 g/mol. The minimum absolute atomic E-state index is 0.0293. The Balaban J connectivity index is 2.05. The van der Waals surface area contributed by atoms with Crippen molar-refractivity contribution in [1.29, 1.82) is 0 Å². The molecule has 0 aliphatic carbocycles. The van der Waals surface area contributed by atoms with Gasteiger partial charge in [0.25, 0.3) is 5.91 Å². The number of rotatable bonds is 5. The van der Waals surface area contributed by atoms with Gasteiger partial charge in [0.2, 0.25) is 0 Å². The molecule has 0 bridgehead atoms. The maximum absolute atomic E-state index is 12.1. The average Bonchev–Trinajstić information content (AvgIpc) is 2.77. The number of nitrogens with zero attached hydrogens (tertiary/aromatic N) is 1. The van der Waals surface area contributed by atoms with Gasteiger partial charge in [-0.25, -0.2) is 4.98 Å². The van der Waals surface area contributed by atoms with Crippen LogP contribution in [0.15, 0.2) is 16.6 Å². The second-order valence-electron chi connectivity index (χ2n) is 5.79.